The molecule has 1 nitrogen and oxygen atoms in total. The van der Waals surface area contributed by atoms with Gasteiger partial charge in [0.15, 0.2) is 5.78 Å². The van der Waals surface area contributed by atoms with Crippen LogP contribution in [0.25, 0.3) is 11.6 Å². The molecule has 0 aliphatic rings. The minimum absolute atomic E-state index is 0.0447. The Balaban J connectivity index is 1.21. The second-order valence-corrected chi connectivity index (χ2v) is 9.61. The minimum Gasteiger partial charge on any atom is -0.289 e. The van der Waals surface area contributed by atoms with Crippen LogP contribution in [0.3, 0.4) is 0 Å². The second kappa shape index (κ2) is 14.9. The molecule has 0 fully saturated rings. The number of rotatable bonds is 15. The van der Waals surface area contributed by atoms with Crippen molar-refractivity contribution in [1.29, 1.82) is 0 Å². The number of unbranched alkanes of at least 4 members (excludes halogenated alkanes) is 7. The second-order valence-electron chi connectivity index (χ2n) is 9.61. The summed E-state index contributed by atoms with van der Waals surface area (Å²) >= 11 is 0. The van der Waals surface area contributed by atoms with E-state index >= 15 is 0 Å². The first-order chi connectivity index (χ1) is 17.1. The van der Waals surface area contributed by atoms with E-state index in [0.29, 0.717) is 0 Å². The zero-order valence-corrected chi connectivity index (χ0v) is 21.3. The molecule has 0 unspecified atom stereocenters. The molecule has 0 aromatic heterocycles. The van der Waals surface area contributed by atoms with E-state index in [1.807, 2.05) is 36.4 Å². The topological polar surface area (TPSA) is 17.1 Å². The Labute approximate surface area is 212 Å². The molecule has 3 aromatic carbocycles. The standard InChI is InChI=1S/C34H40O/c1-28(2)32-25-22-30(23-26-32)15-11-8-6-4-3-5-7-10-14-29-18-20-31(21-19-29)24-27-34(35)33-16-12-9-13-17-33/h9,12-13,16-27H,1,3-8,10-11,14-15H2,2H3/b27-24+. The van der Waals surface area contributed by atoms with E-state index in [-0.39, 0.29) is 5.78 Å². The largest absolute Gasteiger partial charge is 0.289 e. The van der Waals surface area contributed by atoms with Gasteiger partial charge < -0.3 is 0 Å². The number of carbonyl (C=O) groups excluding carboxylic acids is 1. The third kappa shape index (κ3) is 9.91. The lowest BCUT2D eigenvalue weighted by Gasteiger charge is -2.05. The monoisotopic (exact) mass is 464 g/mol. The van der Waals surface area contributed by atoms with Gasteiger partial charge in [-0.15, -0.1) is 0 Å². The Morgan fingerprint density at radius 3 is 1.63 bits per heavy atom. The van der Waals surface area contributed by atoms with Crippen LogP contribution in [0.2, 0.25) is 0 Å². The van der Waals surface area contributed by atoms with Gasteiger partial charge in [-0.1, -0.05) is 136 Å². The molecule has 0 bridgehead atoms. The number of aryl methyl sites for hydroxylation is 2. The maximum atomic E-state index is 12.2. The summed E-state index contributed by atoms with van der Waals surface area (Å²) in [6.07, 6.45) is 16.5. The molecule has 0 saturated carbocycles. The zero-order valence-electron chi connectivity index (χ0n) is 21.3. The highest BCUT2D eigenvalue weighted by Gasteiger charge is 2.00. The van der Waals surface area contributed by atoms with Crippen LogP contribution < -0.4 is 0 Å². The summed E-state index contributed by atoms with van der Waals surface area (Å²) in [5.41, 5.74) is 7.01. The smallest absolute Gasteiger partial charge is 0.185 e. The first kappa shape index (κ1) is 26.4. The van der Waals surface area contributed by atoms with Gasteiger partial charge in [-0.25, -0.2) is 0 Å². The Morgan fingerprint density at radius 2 is 1.11 bits per heavy atom. The molecule has 1 heteroatoms. The van der Waals surface area contributed by atoms with Crippen molar-refractivity contribution in [3.63, 3.8) is 0 Å². The van der Waals surface area contributed by atoms with Crippen LogP contribution in [0.15, 0.2) is 91.5 Å². The first-order valence-corrected chi connectivity index (χ1v) is 13.2. The van der Waals surface area contributed by atoms with Crippen molar-refractivity contribution < 1.29 is 4.79 Å². The van der Waals surface area contributed by atoms with Gasteiger partial charge in [-0.3, -0.25) is 4.79 Å². The van der Waals surface area contributed by atoms with Crippen molar-refractivity contribution in [1.82, 2.24) is 0 Å². The summed E-state index contributed by atoms with van der Waals surface area (Å²) in [5.74, 6) is 0.0447. The molecule has 0 heterocycles. The summed E-state index contributed by atoms with van der Waals surface area (Å²) in [7, 11) is 0. The lowest BCUT2D eigenvalue weighted by Crippen LogP contribution is -1.92. The Bertz CT molecular complexity index is 1060. The van der Waals surface area contributed by atoms with Crippen molar-refractivity contribution in [2.24, 2.45) is 0 Å². The quantitative estimate of drug-likeness (QED) is 0.124. The van der Waals surface area contributed by atoms with Gasteiger partial charge in [0.1, 0.15) is 0 Å². The fourth-order valence-corrected chi connectivity index (χ4v) is 4.34. The van der Waals surface area contributed by atoms with Gasteiger partial charge in [0.25, 0.3) is 0 Å². The van der Waals surface area contributed by atoms with Gasteiger partial charge >= 0.3 is 0 Å². The van der Waals surface area contributed by atoms with Crippen molar-refractivity contribution in [2.45, 2.75) is 71.1 Å². The number of carbonyl (C=O) groups is 1. The van der Waals surface area contributed by atoms with Crippen LogP contribution in [-0.4, -0.2) is 5.78 Å². The maximum Gasteiger partial charge on any atom is 0.185 e. The van der Waals surface area contributed by atoms with Gasteiger partial charge in [0, 0.05) is 5.56 Å². The summed E-state index contributed by atoms with van der Waals surface area (Å²) in [4.78, 5) is 12.2. The molecule has 0 saturated heterocycles. The molecule has 182 valence electrons. The Kier molecular flexibility index (Phi) is 11.3. The van der Waals surface area contributed by atoms with E-state index in [0.717, 1.165) is 23.1 Å². The molecule has 0 aliphatic carbocycles. The van der Waals surface area contributed by atoms with E-state index in [9.17, 15) is 4.79 Å². The predicted molar refractivity (Wildman–Crippen MR) is 152 cm³/mol. The zero-order chi connectivity index (χ0) is 24.7. The first-order valence-electron chi connectivity index (χ1n) is 13.2. The molecule has 0 amide bonds. The Morgan fingerprint density at radius 1 is 0.629 bits per heavy atom. The molecule has 0 N–H and O–H groups in total. The van der Waals surface area contributed by atoms with Crippen molar-refractivity contribution in [2.75, 3.05) is 0 Å². The SMILES string of the molecule is C=C(C)c1ccc(CCCCCCCCCCc2ccc(/C=C/C(=O)c3ccccc3)cc2)cc1. The summed E-state index contributed by atoms with van der Waals surface area (Å²) < 4.78 is 0. The van der Waals surface area contributed by atoms with Crippen molar-refractivity contribution >= 4 is 17.4 Å². The molecular weight excluding hydrogens is 424 g/mol. The minimum atomic E-state index is 0.0447. The van der Waals surface area contributed by atoms with Crippen LogP contribution in [0.4, 0.5) is 0 Å². The van der Waals surface area contributed by atoms with E-state index in [2.05, 4.69) is 62.0 Å². The normalized spacial score (nSPS) is 11.1. The maximum absolute atomic E-state index is 12.2. The van der Waals surface area contributed by atoms with Gasteiger partial charge in [0.2, 0.25) is 0 Å². The molecular formula is C34H40O. The number of allylic oxidation sites excluding steroid dienone is 2. The molecule has 3 rings (SSSR count). The van der Waals surface area contributed by atoms with Gasteiger partial charge in [0.05, 0.1) is 0 Å². The van der Waals surface area contributed by atoms with Crippen LogP contribution in [0.5, 0.6) is 0 Å². The van der Waals surface area contributed by atoms with Gasteiger partial charge in [-0.05, 0) is 60.9 Å². The average molecular weight is 465 g/mol. The van der Waals surface area contributed by atoms with Crippen molar-refractivity contribution in [3.05, 3.63) is 119 Å². The highest BCUT2D eigenvalue weighted by atomic mass is 16.1. The summed E-state index contributed by atoms with van der Waals surface area (Å²) in [6, 6.07) is 26.9. The van der Waals surface area contributed by atoms with Crippen LogP contribution in [0.1, 0.15) is 90.9 Å². The number of hydrogen-bond acceptors (Lipinski definition) is 1. The molecule has 0 radical (unpaired) electrons. The summed E-state index contributed by atoms with van der Waals surface area (Å²) in [5, 5.41) is 0. The van der Waals surface area contributed by atoms with Crippen LogP contribution in [-0.2, 0) is 12.8 Å². The summed E-state index contributed by atoms with van der Waals surface area (Å²) in [6.45, 7) is 6.06. The molecule has 0 spiro atoms. The number of ketones is 1. The fraction of sp³-hybridized carbons (Fsp3) is 0.324. The van der Waals surface area contributed by atoms with E-state index < -0.39 is 0 Å². The molecule has 0 aliphatic heterocycles. The van der Waals surface area contributed by atoms with Crippen molar-refractivity contribution in [3.8, 4) is 0 Å². The number of hydrogen-bond donors (Lipinski definition) is 0. The number of benzene rings is 3. The molecule has 3 aromatic rings. The highest BCUT2D eigenvalue weighted by Crippen LogP contribution is 2.16. The predicted octanol–water partition coefficient (Wildman–Crippen LogP) is 9.52. The third-order valence-corrected chi connectivity index (χ3v) is 6.59. The lowest BCUT2D eigenvalue weighted by atomic mass is 10.0. The van der Waals surface area contributed by atoms with E-state index in [4.69, 9.17) is 0 Å². The molecule has 0 atom stereocenters. The molecule has 35 heavy (non-hydrogen) atoms. The lowest BCUT2D eigenvalue weighted by molar-refractivity contribution is 0.104. The van der Waals surface area contributed by atoms with Gasteiger partial charge in [-0.2, -0.15) is 0 Å². The highest BCUT2D eigenvalue weighted by molar-refractivity contribution is 6.06. The Hall–Kier alpha value is -3.19. The van der Waals surface area contributed by atoms with Crippen LogP contribution in [0, 0.1) is 0 Å². The fourth-order valence-electron chi connectivity index (χ4n) is 4.34. The van der Waals surface area contributed by atoms with E-state index in [1.165, 1.54) is 74.5 Å². The third-order valence-electron chi connectivity index (χ3n) is 6.59. The van der Waals surface area contributed by atoms with E-state index in [1.54, 1.807) is 6.08 Å². The average Bonchev–Trinajstić information content (AvgIpc) is 2.89. The van der Waals surface area contributed by atoms with Crippen LogP contribution >= 0.6 is 0 Å².